The molecule has 3 amide bonds. The topological polar surface area (TPSA) is 196 Å². The first-order valence-corrected chi connectivity index (χ1v) is 18.7. The molecule has 0 saturated carbocycles. The number of imide groups is 1. The lowest BCUT2D eigenvalue weighted by molar-refractivity contribution is -0.138. The number of ether oxygens (including phenoxy) is 3. The number of nitrogens with one attached hydrogen (secondary N) is 3. The number of aromatic nitrogens is 4. The summed E-state index contributed by atoms with van der Waals surface area (Å²) in [5.41, 5.74) is 0.635. The van der Waals surface area contributed by atoms with Gasteiger partial charge in [0, 0.05) is 11.4 Å². The molecule has 0 aliphatic carbocycles. The first-order valence-electron chi connectivity index (χ1n) is 18.7. The van der Waals surface area contributed by atoms with E-state index in [0.717, 1.165) is 29.2 Å². The third-order valence-electron chi connectivity index (χ3n) is 8.90. The summed E-state index contributed by atoms with van der Waals surface area (Å²) in [5.74, 6) is 0.427. The Kier molecular flexibility index (Phi) is 12.0. The predicted molar refractivity (Wildman–Crippen MR) is 208 cm³/mol. The first-order chi connectivity index (χ1) is 29.8. The molecule has 8 rings (SSSR count). The summed E-state index contributed by atoms with van der Waals surface area (Å²) in [7, 11) is 0. The van der Waals surface area contributed by atoms with E-state index in [2.05, 4.69) is 36.3 Å². The highest BCUT2D eigenvalue weighted by Crippen LogP contribution is 2.36. The molecule has 2 saturated heterocycles. The van der Waals surface area contributed by atoms with Crippen LogP contribution in [0.1, 0.15) is 55.8 Å². The molecule has 22 heteroatoms. The van der Waals surface area contributed by atoms with Crippen molar-refractivity contribution in [1.82, 2.24) is 30.6 Å². The number of cyclic esters (lactones) is 2. The second-order valence-corrected chi connectivity index (χ2v) is 14.6. The summed E-state index contributed by atoms with van der Waals surface area (Å²) in [5, 5.41) is 24.5. The Morgan fingerprint density at radius 2 is 1.14 bits per heavy atom. The van der Waals surface area contributed by atoms with E-state index in [9.17, 15) is 40.7 Å². The van der Waals surface area contributed by atoms with Gasteiger partial charge in [-0.15, -0.1) is 20.4 Å². The molecule has 4 aromatic carbocycles. The number of alkyl carbamates (subject to hydrolysis) is 1. The highest BCUT2D eigenvalue weighted by atomic mass is 19.4. The third kappa shape index (κ3) is 10.5. The fraction of sp³-hybridized carbons (Fsp3) is 0.244. The van der Waals surface area contributed by atoms with Crippen LogP contribution < -0.4 is 16.0 Å². The number of carbonyl (C=O) groups is 3. The van der Waals surface area contributed by atoms with E-state index in [1.807, 2.05) is 0 Å². The van der Waals surface area contributed by atoms with Gasteiger partial charge in [-0.05, 0) is 93.6 Å². The van der Waals surface area contributed by atoms with Gasteiger partial charge in [0.15, 0.2) is 6.04 Å². The Bertz CT molecular complexity index is 2590. The van der Waals surface area contributed by atoms with Crippen LogP contribution in [0.3, 0.4) is 0 Å². The molecule has 4 heterocycles. The molecule has 2 aromatic heterocycles. The number of benzene rings is 4. The van der Waals surface area contributed by atoms with Gasteiger partial charge < -0.3 is 39.0 Å². The van der Waals surface area contributed by atoms with Crippen molar-refractivity contribution in [3.8, 4) is 22.9 Å². The molecule has 63 heavy (non-hydrogen) atoms. The fourth-order valence-corrected chi connectivity index (χ4v) is 5.95. The van der Waals surface area contributed by atoms with E-state index in [-0.39, 0.29) is 36.8 Å². The zero-order valence-corrected chi connectivity index (χ0v) is 33.1. The number of alkyl halides is 6. The number of halogens is 6. The fourth-order valence-electron chi connectivity index (χ4n) is 5.95. The molecule has 2 unspecified atom stereocenters. The summed E-state index contributed by atoms with van der Waals surface area (Å²) in [4.78, 5) is 36.6. The average molecular weight is 881 g/mol. The lowest BCUT2D eigenvalue weighted by Crippen LogP contribution is -2.39. The lowest BCUT2D eigenvalue weighted by atomic mass is 10.1. The second kappa shape index (κ2) is 17.4. The Morgan fingerprint density at radius 3 is 1.60 bits per heavy atom. The van der Waals surface area contributed by atoms with Gasteiger partial charge in [-0.25, -0.2) is 14.4 Å². The minimum Gasteiger partial charge on any atom is -0.447 e. The summed E-state index contributed by atoms with van der Waals surface area (Å²) in [6, 6.07) is 21.5. The van der Waals surface area contributed by atoms with Crippen LogP contribution in [0.15, 0.2) is 106 Å². The number of hydrogen-bond acceptors (Lipinski definition) is 14. The van der Waals surface area contributed by atoms with Gasteiger partial charge in [0.1, 0.15) is 24.9 Å². The van der Waals surface area contributed by atoms with Gasteiger partial charge >= 0.3 is 30.6 Å². The summed E-state index contributed by atoms with van der Waals surface area (Å²) in [6.07, 6.45) is -11.2. The van der Waals surface area contributed by atoms with Gasteiger partial charge in [-0.2, -0.15) is 31.2 Å². The maximum Gasteiger partial charge on any atom is 0.420 e. The Labute approximate surface area is 352 Å². The molecular formula is C41H34F6N8O8. The predicted octanol–water partition coefficient (Wildman–Crippen LogP) is 10.2. The highest BCUT2D eigenvalue weighted by Gasteiger charge is 2.44. The van der Waals surface area contributed by atoms with Gasteiger partial charge in [-0.1, -0.05) is 24.3 Å². The van der Waals surface area contributed by atoms with E-state index in [1.54, 1.807) is 69.3 Å². The maximum absolute atomic E-state index is 12.8. The Hall–Kier alpha value is -7.65. The van der Waals surface area contributed by atoms with Crippen molar-refractivity contribution in [3.05, 3.63) is 120 Å². The maximum atomic E-state index is 12.8. The number of amides is 3. The monoisotopic (exact) mass is 880 g/mol. The Morgan fingerprint density at radius 1 is 0.667 bits per heavy atom. The molecule has 0 spiro atoms. The lowest BCUT2D eigenvalue weighted by Gasteiger charge is -2.24. The normalized spacial score (nSPS) is 16.4. The minimum atomic E-state index is -4.44. The van der Waals surface area contributed by atoms with Crippen LogP contribution >= 0.6 is 0 Å². The van der Waals surface area contributed by atoms with E-state index in [4.69, 9.17) is 23.0 Å². The van der Waals surface area contributed by atoms with E-state index < -0.39 is 59.4 Å². The minimum absolute atomic E-state index is 0.0407. The van der Waals surface area contributed by atoms with Crippen LogP contribution in [-0.2, 0) is 26.6 Å². The quantitative estimate of drug-likeness (QED) is 0.0964. The van der Waals surface area contributed by atoms with Crippen molar-refractivity contribution in [2.75, 3.05) is 23.8 Å². The zero-order valence-electron chi connectivity index (χ0n) is 33.1. The SMILES string of the molecule is CC(C)(C)OC(=O)N1C(=O)OCC1c1nnc(-c2ccccc2Nc2ccc(C(F)(F)F)cc2)o1.O=C1NC(c2nnc(-c3ccccc3Nc3ccc(C(F)(F)F)cc3)o2)CO1. The molecule has 2 fully saturated rings. The van der Waals surface area contributed by atoms with Crippen molar-refractivity contribution in [2.24, 2.45) is 0 Å². The molecule has 2 aliphatic rings. The van der Waals surface area contributed by atoms with E-state index in [1.165, 1.54) is 24.3 Å². The number of para-hydroxylation sites is 2. The molecule has 6 aromatic rings. The third-order valence-corrected chi connectivity index (χ3v) is 8.90. The number of rotatable bonds is 8. The number of hydrogen-bond donors (Lipinski definition) is 3. The van der Waals surface area contributed by atoms with Gasteiger partial charge in [-0.3, -0.25) is 0 Å². The van der Waals surface area contributed by atoms with Crippen molar-refractivity contribution >= 4 is 41.0 Å². The smallest absolute Gasteiger partial charge is 0.420 e. The Balaban J connectivity index is 0.000000193. The first kappa shape index (κ1) is 43.4. The van der Waals surface area contributed by atoms with Crippen LogP contribution in [0.25, 0.3) is 22.9 Å². The second-order valence-electron chi connectivity index (χ2n) is 14.6. The molecule has 328 valence electrons. The van der Waals surface area contributed by atoms with Crippen LogP contribution in [0.4, 0.5) is 63.5 Å². The van der Waals surface area contributed by atoms with Crippen molar-refractivity contribution < 1.29 is 63.8 Å². The molecule has 2 aliphatic heterocycles. The van der Waals surface area contributed by atoms with E-state index >= 15 is 0 Å². The summed E-state index contributed by atoms with van der Waals surface area (Å²) in [6.45, 7) is 4.88. The summed E-state index contributed by atoms with van der Waals surface area (Å²) >= 11 is 0. The van der Waals surface area contributed by atoms with E-state index in [0.29, 0.717) is 33.9 Å². The van der Waals surface area contributed by atoms with Gasteiger partial charge in [0.05, 0.1) is 33.6 Å². The van der Waals surface area contributed by atoms with Crippen molar-refractivity contribution in [3.63, 3.8) is 0 Å². The molecular weight excluding hydrogens is 846 g/mol. The average Bonchev–Trinajstić information content (AvgIpc) is 4.06. The molecule has 0 bridgehead atoms. The molecule has 16 nitrogen and oxygen atoms in total. The van der Waals surface area contributed by atoms with Crippen LogP contribution in [0, 0.1) is 0 Å². The standard InChI is InChI=1S/C23H21F3N4O5.C18H13F3N4O3/c1-22(2,3)35-21(32)30-17(12-33-20(30)31)19-29-28-18(34-19)15-6-4-5-7-16(15)27-14-10-8-13(9-11-14)23(24,25)26;19-18(20,21)10-5-7-11(8-6-10)22-13-4-2-1-3-12(13)15-24-25-16(28-15)14-9-27-17(26)23-14/h4-11,17,27H,12H2,1-3H3;1-8,14,22H,9H2,(H,23,26). The van der Waals surface area contributed by atoms with Crippen molar-refractivity contribution in [2.45, 2.75) is 50.8 Å². The molecule has 3 N–H and O–H groups in total. The van der Waals surface area contributed by atoms with Gasteiger partial charge in [0.25, 0.3) is 0 Å². The zero-order chi connectivity index (χ0) is 45.1. The number of anilines is 4. The molecule has 0 radical (unpaired) electrons. The summed E-state index contributed by atoms with van der Waals surface area (Å²) < 4.78 is 103. The van der Waals surface area contributed by atoms with Crippen molar-refractivity contribution in [1.29, 1.82) is 0 Å². The van der Waals surface area contributed by atoms with Crippen LogP contribution in [0.2, 0.25) is 0 Å². The van der Waals surface area contributed by atoms with Crippen LogP contribution in [-0.4, -0.2) is 62.4 Å². The molecule has 2 atom stereocenters. The number of nitrogens with zero attached hydrogens (tertiary/aromatic N) is 5. The highest BCUT2D eigenvalue weighted by molar-refractivity contribution is 5.90. The van der Waals surface area contributed by atoms with Gasteiger partial charge in [0.2, 0.25) is 23.6 Å². The van der Waals surface area contributed by atoms with Crippen LogP contribution in [0.5, 0.6) is 0 Å². The largest absolute Gasteiger partial charge is 0.447 e. The number of carbonyl (C=O) groups excluding carboxylic acids is 3.